The van der Waals surface area contributed by atoms with Crippen molar-refractivity contribution in [3.05, 3.63) is 0 Å². The molecule has 1 heterocycles. The molecule has 0 aromatic rings. The van der Waals surface area contributed by atoms with Crippen LogP contribution in [0.4, 0.5) is 0 Å². The zero-order valence-electron chi connectivity index (χ0n) is 9.68. The van der Waals surface area contributed by atoms with Gasteiger partial charge in [-0.25, -0.2) is 12.7 Å². The molecule has 0 aromatic heterocycles. The number of nitrogens with zero attached hydrogens (tertiary/aromatic N) is 1. The van der Waals surface area contributed by atoms with Gasteiger partial charge in [0, 0.05) is 13.1 Å². The molecule has 0 spiro atoms. The van der Waals surface area contributed by atoms with Gasteiger partial charge in [-0.3, -0.25) is 0 Å². The van der Waals surface area contributed by atoms with Crippen molar-refractivity contribution in [2.75, 3.05) is 19.7 Å². The first-order chi connectivity index (χ1) is 6.87. The van der Waals surface area contributed by atoms with Crippen molar-refractivity contribution >= 4 is 10.0 Å². The molecule has 1 rings (SSSR count). The maximum atomic E-state index is 12.0. The third-order valence-corrected chi connectivity index (χ3v) is 5.14. The Morgan fingerprint density at radius 1 is 1.33 bits per heavy atom. The molecule has 5 heteroatoms. The molecular weight excluding hydrogens is 214 g/mol. The highest BCUT2D eigenvalue weighted by Gasteiger charge is 2.33. The smallest absolute Gasteiger partial charge is 0.218 e. The van der Waals surface area contributed by atoms with Crippen LogP contribution in [0.1, 0.15) is 27.2 Å². The van der Waals surface area contributed by atoms with Crippen molar-refractivity contribution in [3.8, 4) is 0 Å². The second-order valence-electron chi connectivity index (χ2n) is 4.80. The summed E-state index contributed by atoms with van der Waals surface area (Å²) in [6, 6.07) is 0. The van der Waals surface area contributed by atoms with Crippen LogP contribution in [-0.4, -0.2) is 42.8 Å². The Morgan fingerprint density at radius 3 is 2.20 bits per heavy atom. The Bertz CT molecular complexity index is 292. The fourth-order valence-electron chi connectivity index (χ4n) is 2.16. The highest BCUT2D eigenvalue weighted by atomic mass is 32.2. The lowest BCUT2D eigenvalue weighted by atomic mass is 9.94. The fourth-order valence-corrected chi connectivity index (χ4v) is 3.78. The van der Waals surface area contributed by atoms with Crippen LogP contribution in [0.3, 0.4) is 0 Å². The van der Waals surface area contributed by atoms with Crippen molar-refractivity contribution in [2.45, 2.75) is 32.4 Å². The van der Waals surface area contributed by atoms with Gasteiger partial charge in [-0.1, -0.05) is 13.8 Å². The molecular formula is C10H21NO3S. The van der Waals surface area contributed by atoms with E-state index < -0.39 is 15.3 Å². The number of piperidine rings is 1. The summed E-state index contributed by atoms with van der Waals surface area (Å²) in [5.74, 6) is 0.823. The molecule has 1 aliphatic heterocycles. The average molecular weight is 235 g/mol. The van der Waals surface area contributed by atoms with Gasteiger partial charge < -0.3 is 5.11 Å². The highest BCUT2D eigenvalue weighted by molar-refractivity contribution is 7.89. The number of hydrogen-bond acceptors (Lipinski definition) is 3. The molecule has 0 amide bonds. The third kappa shape index (κ3) is 2.92. The molecule has 0 radical (unpaired) electrons. The van der Waals surface area contributed by atoms with Crippen LogP contribution in [0.5, 0.6) is 0 Å². The van der Waals surface area contributed by atoms with E-state index in [0.29, 0.717) is 24.9 Å². The lowest BCUT2D eigenvalue weighted by molar-refractivity contribution is 0.216. The van der Waals surface area contributed by atoms with E-state index in [1.54, 1.807) is 6.92 Å². The molecule has 0 aliphatic carbocycles. The van der Waals surface area contributed by atoms with Crippen LogP contribution in [0, 0.1) is 11.8 Å². The standard InChI is InChI=1S/C10H21NO3S/c1-8-4-9(2)6-11(5-8)15(13,14)10(3)7-12/h8-10,12H,4-7H2,1-3H3. The SMILES string of the molecule is CC1CC(C)CN(S(=O)(=O)C(C)CO)C1. The zero-order valence-corrected chi connectivity index (χ0v) is 10.5. The lowest BCUT2D eigenvalue weighted by Gasteiger charge is -2.35. The summed E-state index contributed by atoms with van der Waals surface area (Å²) < 4.78 is 25.5. The van der Waals surface area contributed by atoms with Crippen molar-refractivity contribution in [1.29, 1.82) is 0 Å². The Hall–Kier alpha value is -0.130. The minimum absolute atomic E-state index is 0.304. The maximum absolute atomic E-state index is 12.0. The van der Waals surface area contributed by atoms with Crippen LogP contribution in [0.15, 0.2) is 0 Å². The number of aliphatic hydroxyl groups excluding tert-OH is 1. The summed E-state index contributed by atoms with van der Waals surface area (Å²) in [6.07, 6.45) is 1.08. The van der Waals surface area contributed by atoms with Crippen LogP contribution in [-0.2, 0) is 10.0 Å². The van der Waals surface area contributed by atoms with Gasteiger partial charge in [0.1, 0.15) is 0 Å². The quantitative estimate of drug-likeness (QED) is 0.782. The number of aliphatic hydroxyl groups is 1. The van der Waals surface area contributed by atoms with Gasteiger partial charge in [0.25, 0.3) is 0 Å². The van der Waals surface area contributed by atoms with E-state index in [1.807, 2.05) is 0 Å². The maximum Gasteiger partial charge on any atom is 0.218 e. The average Bonchev–Trinajstić information content (AvgIpc) is 2.15. The van der Waals surface area contributed by atoms with E-state index in [-0.39, 0.29) is 6.61 Å². The van der Waals surface area contributed by atoms with Gasteiger partial charge >= 0.3 is 0 Å². The first kappa shape index (κ1) is 12.9. The monoisotopic (exact) mass is 235 g/mol. The summed E-state index contributed by atoms with van der Waals surface area (Å²) in [7, 11) is -3.29. The highest BCUT2D eigenvalue weighted by Crippen LogP contribution is 2.24. The van der Waals surface area contributed by atoms with Gasteiger partial charge in [-0.05, 0) is 25.2 Å². The summed E-state index contributed by atoms with van der Waals surface area (Å²) in [5.41, 5.74) is 0. The van der Waals surface area contributed by atoms with Crippen molar-refractivity contribution in [3.63, 3.8) is 0 Å². The Morgan fingerprint density at radius 2 is 1.80 bits per heavy atom. The van der Waals surface area contributed by atoms with E-state index in [4.69, 9.17) is 5.11 Å². The summed E-state index contributed by atoms with van der Waals surface area (Å²) in [4.78, 5) is 0. The molecule has 3 unspecified atom stereocenters. The van der Waals surface area contributed by atoms with E-state index in [9.17, 15) is 8.42 Å². The summed E-state index contributed by atoms with van der Waals surface area (Å²) in [5, 5.41) is 8.24. The van der Waals surface area contributed by atoms with E-state index in [0.717, 1.165) is 6.42 Å². The Labute approximate surface area is 92.3 Å². The predicted molar refractivity (Wildman–Crippen MR) is 60.0 cm³/mol. The first-order valence-corrected chi connectivity index (χ1v) is 6.98. The molecule has 1 fully saturated rings. The van der Waals surface area contributed by atoms with Crippen molar-refractivity contribution in [1.82, 2.24) is 4.31 Å². The lowest BCUT2D eigenvalue weighted by Crippen LogP contribution is -2.46. The van der Waals surface area contributed by atoms with E-state index in [1.165, 1.54) is 4.31 Å². The Kier molecular flexibility index (Phi) is 4.14. The van der Waals surface area contributed by atoms with E-state index in [2.05, 4.69) is 13.8 Å². The van der Waals surface area contributed by atoms with E-state index >= 15 is 0 Å². The topological polar surface area (TPSA) is 57.6 Å². The molecule has 15 heavy (non-hydrogen) atoms. The molecule has 0 saturated carbocycles. The molecule has 1 aliphatic rings. The second-order valence-corrected chi connectivity index (χ2v) is 7.15. The van der Waals surface area contributed by atoms with Gasteiger partial charge in [-0.15, -0.1) is 0 Å². The predicted octanol–water partition coefficient (Wildman–Crippen LogP) is 0.675. The molecule has 1 N–H and O–H groups in total. The number of rotatable bonds is 3. The third-order valence-electron chi connectivity index (χ3n) is 2.96. The normalized spacial score (nSPS) is 31.5. The first-order valence-electron chi connectivity index (χ1n) is 5.47. The van der Waals surface area contributed by atoms with Crippen molar-refractivity contribution in [2.24, 2.45) is 11.8 Å². The molecule has 0 aromatic carbocycles. The molecule has 3 atom stereocenters. The van der Waals surface area contributed by atoms with Gasteiger partial charge in [-0.2, -0.15) is 0 Å². The van der Waals surface area contributed by atoms with Crippen LogP contribution in [0.25, 0.3) is 0 Å². The number of hydrogen-bond donors (Lipinski definition) is 1. The second kappa shape index (κ2) is 4.80. The molecule has 90 valence electrons. The van der Waals surface area contributed by atoms with Gasteiger partial charge in [0.2, 0.25) is 10.0 Å². The molecule has 1 saturated heterocycles. The largest absolute Gasteiger partial charge is 0.395 e. The zero-order chi connectivity index (χ0) is 11.6. The summed E-state index contributed by atoms with van der Waals surface area (Å²) in [6.45, 7) is 6.58. The molecule has 4 nitrogen and oxygen atoms in total. The summed E-state index contributed by atoms with van der Waals surface area (Å²) >= 11 is 0. The fraction of sp³-hybridized carbons (Fsp3) is 1.00. The Balaban J connectivity index is 2.79. The van der Waals surface area contributed by atoms with Crippen molar-refractivity contribution < 1.29 is 13.5 Å². The number of sulfonamides is 1. The van der Waals surface area contributed by atoms with Gasteiger partial charge in [0.15, 0.2) is 0 Å². The molecule has 0 bridgehead atoms. The van der Waals surface area contributed by atoms with Crippen LogP contribution < -0.4 is 0 Å². The minimum atomic E-state index is -3.29. The van der Waals surface area contributed by atoms with Gasteiger partial charge in [0.05, 0.1) is 11.9 Å². The van der Waals surface area contributed by atoms with Crippen LogP contribution >= 0.6 is 0 Å². The minimum Gasteiger partial charge on any atom is -0.395 e. The van der Waals surface area contributed by atoms with Crippen LogP contribution in [0.2, 0.25) is 0 Å².